The first-order valence-electron chi connectivity index (χ1n) is 5.10. The molecule has 6 heteroatoms. The van der Waals surface area contributed by atoms with Gasteiger partial charge in [0, 0.05) is 17.8 Å². The zero-order valence-electron chi connectivity index (χ0n) is 9.70. The summed E-state index contributed by atoms with van der Waals surface area (Å²) in [6.07, 6.45) is 0. The molecule has 1 aromatic heterocycles. The maximum Gasteiger partial charge on any atom is 0.251 e. The number of nitrogens with one attached hydrogen (secondary N) is 1. The van der Waals surface area contributed by atoms with Crippen LogP contribution in [0.4, 0.5) is 0 Å². The molecule has 0 saturated carbocycles. The lowest BCUT2D eigenvalue weighted by Gasteiger charge is -2.20. The fourth-order valence-electron chi connectivity index (χ4n) is 1.19. The summed E-state index contributed by atoms with van der Waals surface area (Å²) >= 11 is 5.73. The third-order valence-corrected chi connectivity index (χ3v) is 2.35. The number of nitrogens with zero attached hydrogens (tertiary/aromatic N) is 1. The molecule has 1 atom stereocenters. The topological polar surface area (TPSA) is 82.5 Å². The molecular weight excluding hydrogens is 244 g/mol. The summed E-state index contributed by atoms with van der Waals surface area (Å²) in [6.45, 7) is 2.69. The van der Waals surface area contributed by atoms with Gasteiger partial charge in [-0.05, 0) is 26.0 Å². The van der Waals surface area contributed by atoms with Crippen molar-refractivity contribution >= 4 is 17.5 Å². The Morgan fingerprint density at radius 3 is 2.76 bits per heavy atom. The van der Waals surface area contributed by atoms with E-state index in [2.05, 4.69) is 10.3 Å². The van der Waals surface area contributed by atoms with Gasteiger partial charge in [-0.2, -0.15) is 0 Å². The molecule has 0 radical (unpaired) electrons. The van der Waals surface area contributed by atoms with Crippen LogP contribution in [0.3, 0.4) is 0 Å². The molecule has 0 aliphatic carbocycles. The van der Waals surface area contributed by atoms with Crippen LogP contribution in [0, 0.1) is 6.92 Å². The Bertz CT molecular complexity index is 401. The van der Waals surface area contributed by atoms with E-state index < -0.39 is 12.2 Å². The van der Waals surface area contributed by atoms with E-state index in [0.29, 0.717) is 11.3 Å². The minimum atomic E-state index is -1.33. The standard InChI is InChI=1S/C11H15ClN2O3/c1-7-3-8(4-9(12)14-7)10(16)13-5-11(2,17)6-15/h3-4,15,17H,5-6H2,1-2H3,(H,13,16). The number of pyridine rings is 1. The number of hydrogen-bond acceptors (Lipinski definition) is 4. The van der Waals surface area contributed by atoms with Crippen molar-refractivity contribution < 1.29 is 15.0 Å². The Morgan fingerprint density at radius 2 is 2.24 bits per heavy atom. The Hall–Kier alpha value is -1.17. The molecule has 94 valence electrons. The molecule has 1 heterocycles. The second kappa shape index (κ2) is 5.44. The van der Waals surface area contributed by atoms with Crippen LogP contribution in [0.2, 0.25) is 5.15 Å². The number of halogens is 1. The fraction of sp³-hybridized carbons (Fsp3) is 0.455. The van der Waals surface area contributed by atoms with Gasteiger partial charge in [0.25, 0.3) is 5.91 Å². The second-order valence-electron chi connectivity index (χ2n) is 4.16. The average molecular weight is 259 g/mol. The fourth-order valence-corrected chi connectivity index (χ4v) is 1.44. The number of aliphatic hydroxyl groups excluding tert-OH is 1. The summed E-state index contributed by atoms with van der Waals surface area (Å²) in [7, 11) is 0. The van der Waals surface area contributed by atoms with Crippen molar-refractivity contribution in [2.24, 2.45) is 0 Å². The highest BCUT2D eigenvalue weighted by molar-refractivity contribution is 6.29. The lowest BCUT2D eigenvalue weighted by molar-refractivity contribution is 0.00320. The average Bonchev–Trinajstić information content (AvgIpc) is 2.24. The number of hydrogen-bond donors (Lipinski definition) is 3. The summed E-state index contributed by atoms with van der Waals surface area (Å²) in [5.41, 5.74) is -0.325. The third-order valence-electron chi connectivity index (χ3n) is 2.15. The van der Waals surface area contributed by atoms with Crippen LogP contribution in [-0.2, 0) is 0 Å². The number of rotatable bonds is 4. The predicted molar refractivity (Wildman–Crippen MR) is 64.0 cm³/mol. The van der Waals surface area contributed by atoms with Crippen molar-refractivity contribution in [1.82, 2.24) is 10.3 Å². The first-order valence-corrected chi connectivity index (χ1v) is 5.47. The van der Waals surface area contributed by atoms with Crippen molar-refractivity contribution in [1.29, 1.82) is 0 Å². The van der Waals surface area contributed by atoms with Crippen molar-refractivity contribution in [3.63, 3.8) is 0 Å². The molecule has 0 bridgehead atoms. The highest BCUT2D eigenvalue weighted by Crippen LogP contribution is 2.10. The van der Waals surface area contributed by atoms with Crippen LogP contribution in [0.1, 0.15) is 23.0 Å². The van der Waals surface area contributed by atoms with Crippen molar-refractivity contribution in [3.05, 3.63) is 28.5 Å². The summed E-state index contributed by atoms with van der Waals surface area (Å²) in [5, 5.41) is 21.1. The summed E-state index contributed by atoms with van der Waals surface area (Å²) < 4.78 is 0. The normalized spacial score (nSPS) is 14.2. The largest absolute Gasteiger partial charge is 0.393 e. The highest BCUT2D eigenvalue weighted by atomic mass is 35.5. The molecule has 1 unspecified atom stereocenters. The van der Waals surface area contributed by atoms with Gasteiger partial charge < -0.3 is 15.5 Å². The maximum atomic E-state index is 11.7. The molecule has 1 rings (SSSR count). The minimum absolute atomic E-state index is 0.0404. The molecule has 3 N–H and O–H groups in total. The second-order valence-corrected chi connectivity index (χ2v) is 4.54. The Balaban J connectivity index is 2.70. The molecule has 5 nitrogen and oxygen atoms in total. The van der Waals surface area contributed by atoms with E-state index in [9.17, 15) is 9.90 Å². The highest BCUT2D eigenvalue weighted by Gasteiger charge is 2.20. The lowest BCUT2D eigenvalue weighted by atomic mass is 10.1. The van der Waals surface area contributed by atoms with Crippen molar-refractivity contribution in [2.45, 2.75) is 19.4 Å². The van der Waals surface area contributed by atoms with E-state index in [4.69, 9.17) is 16.7 Å². The predicted octanol–water partition coefficient (Wildman–Crippen LogP) is 0.517. The molecule has 17 heavy (non-hydrogen) atoms. The Kier molecular flexibility index (Phi) is 4.45. The van der Waals surface area contributed by atoms with Gasteiger partial charge >= 0.3 is 0 Å². The minimum Gasteiger partial charge on any atom is -0.393 e. The number of carbonyl (C=O) groups is 1. The number of amides is 1. The zero-order valence-corrected chi connectivity index (χ0v) is 10.5. The van der Waals surface area contributed by atoms with Gasteiger partial charge in [0.05, 0.1) is 6.61 Å². The van der Waals surface area contributed by atoms with Crippen LogP contribution in [0.5, 0.6) is 0 Å². The summed E-state index contributed by atoms with van der Waals surface area (Å²) in [5.74, 6) is -0.369. The van der Waals surface area contributed by atoms with E-state index in [1.807, 2.05) is 0 Å². The zero-order chi connectivity index (χ0) is 13.1. The number of carbonyl (C=O) groups excluding carboxylic acids is 1. The van der Waals surface area contributed by atoms with Crippen LogP contribution in [-0.4, -0.2) is 39.9 Å². The molecule has 0 aromatic carbocycles. The van der Waals surface area contributed by atoms with Crippen molar-refractivity contribution in [3.8, 4) is 0 Å². The first-order chi connectivity index (χ1) is 7.84. The van der Waals surface area contributed by atoms with Gasteiger partial charge in [-0.15, -0.1) is 0 Å². The van der Waals surface area contributed by atoms with E-state index in [1.165, 1.54) is 13.0 Å². The van der Waals surface area contributed by atoms with Gasteiger partial charge in [-0.1, -0.05) is 11.6 Å². The number of aromatic nitrogens is 1. The molecule has 0 aliphatic heterocycles. The van der Waals surface area contributed by atoms with Gasteiger partial charge in [0.15, 0.2) is 0 Å². The van der Waals surface area contributed by atoms with E-state index in [0.717, 1.165) is 0 Å². The first kappa shape index (κ1) is 13.9. The van der Waals surface area contributed by atoms with Crippen LogP contribution >= 0.6 is 11.6 Å². The molecular formula is C11H15ClN2O3. The number of aliphatic hydroxyl groups is 2. The Labute approximate surface area is 104 Å². The van der Waals surface area contributed by atoms with Crippen LogP contribution in [0.15, 0.2) is 12.1 Å². The van der Waals surface area contributed by atoms with E-state index in [1.54, 1.807) is 13.0 Å². The molecule has 0 spiro atoms. The van der Waals surface area contributed by atoms with Gasteiger partial charge in [0.1, 0.15) is 10.8 Å². The SMILES string of the molecule is Cc1cc(C(=O)NCC(C)(O)CO)cc(Cl)n1. The smallest absolute Gasteiger partial charge is 0.251 e. The lowest BCUT2D eigenvalue weighted by Crippen LogP contribution is -2.43. The molecule has 0 fully saturated rings. The monoisotopic (exact) mass is 258 g/mol. The van der Waals surface area contributed by atoms with Crippen molar-refractivity contribution in [2.75, 3.05) is 13.2 Å². The quantitative estimate of drug-likeness (QED) is 0.688. The van der Waals surface area contributed by atoms with Gasteiger partial charge in [-0.25, -0.2) is 4.98 Å². The van der Waals surface area contributed by atoms with Gasteiger partial charge in [0.2, 0.25) is 0 Å². The number of aryl methyl sites for hydroxylation is 1. The molecule has 0 saturated heterocycles. The maximum absolute atomic E-state index is 11.7. The Morgan fingerprint density at radius 1 is 1.59 bits per heavy atom. The van der Waals surface area contributed by atoms with Gasteiger partial charge in [-0.3, -0.25) is 4.79 Å². The molecule has 0 aliphatic rings. The third kappa shape index (κ3) is 4.30. The summed E-state index contributed by atoms with van der Waals surface area (Å²) in [4.78, 5) is 15.7. The van der Waals surface area contributed by atoms with E-state index >= 15 is 0 Å². The summed E-state index contributed by atoms with van der Waals surface area (Å²) in [6, 6.07) is 3.03. The van der Waals surface area contributed by atoms with Crippen LogP contribution < -0.4 is 5.32 Å². The molecule has 1 aromatic rings. The van der Waals surface area contributed by atoms with E-state index in [-0.39, 0.29) is 17.6 Å². The molecule has 1 amide bonds. The van der Waals surface area contributed by atoms with Crippen LogP contribution in [0.25, 0.3) is 0 Å².